The molecule has 0 saturated carbocycles. The van der Waals surface area contributed by atoms with Gasteiger partial charge in [-0.25, -0.2) is 9.37 Å². The highest BCUT2D eigenvalue weighted by Crippen LogP contribution is 2.31. The minimum Gasteiger partial charge on any atom is -0.308 e. The van der Waals surface area contributed by atoms with Crippen molar-refractivity contribution in [3.05, 3.63) is 58.9 Å². The number of aryl methyl sites for hydroxylation is 2. The van der Waals surface area contributed by atoms with Crippen LogP contribution in [0.25, 0.3) is 10.2 Å². The fourth-order valence-corrected chi connectivity index (χ4v) is 3.81. The molecule has 0 radical (unpaired) electrons. The maximum absolute atomic E-state index is 14.0. The Morgan fingerprint density at radius 2 is 1.89 bits per heavy atom. The number of carbonyl (C=O) groups is 1. The molecule has 0 atom stereocenters. The van der Waals surface area contributed by atoms with E-state index in [1.807, 2.05) is 57.1 Å². The molecular formula is C20H23ClFN3OS. The molecule has 2 aromatic carbocycles. The number of para-hydroxylation sites is 1. The first-order valence-corrected chi connectivity index (χ1v) is 9.27. The van der Waals surface area contributed by atoms with Gasteiger partial charge in [0.1, 0.15) is 11.3 Å². The van der Waals surface area contributed by atoms with Crippen molar-refractivity contribution in [3.63, 3.8) is 0 Å². The van der Waals surface area contributed by atoms with Gasteiger partial charge in [0, 0.05) is 18.7 Å². The molecule has 144 valence electrons. The Kier molecular flexibility index (Phi) is 6.92. The summed E-state index contributed by atoms with van der Waals surface area (Å²) in [6.07, 6.45) is 0. The van der Waals surface area contributed by atoms with Gasteiger partial charge in [-0.15, -0.1) is 12.4 Å². The zero-order valence-corrected chi connectivity index (χ0v) is 17.5. The summed E-state index contributed by atoms with van der Waals surface area (Å²) in [5.74, 6) is -0.472. The molecular weight excluding hydrogens is 385 g/mol. The standard InChI is InChI=1S/C20H22FN3OS.ClH/c1-13-8-9-15(14(2)12-13)19(25)24(11-10-23(3)4)20-22-18-16(21)6-5-7-17(18)26-20;/h5-9,12H,10-11H2,1-4H3;1H. The van der Waals surface area contributed by atoms with E-state index in [1.165, 1.54) is 17.4 Å². The van der Waals surface area contributed by atoms with Crippen LogP contribution in [0.3, 0.4) is 0 Å². The molecule has 0 bridgehead atoms. The quantitative estimate of drug-likeness (QED) is 0.616. The molecule has 0 saturated heterocycles. The van der Waals surface area contributed by atoms with E-state index in [4.69, 9.17) is 0 Å². The highest BCUT2D eigenvalue weighted by molar-refractivity contribution is 7.22. The largest absolute Gasteiger partial charge is 0.308 e. The fraction of sp³-hybridized carbons (Fsp3) is 0.300. The number of thiazole rings is 1. The lowest BCUT2D eigenvalue weighted by Gasteiger charge is -2.22. The Balaban J connectivity index is 0.00000261. The van der Waals surface area contributed by atoms with Crippen molar-refractivity contribution >= 4 is 45.0 Å². The number of hydrogen-bond donors (Lipinski definition) is 0. The van der Waals surface area contributed by atoms with Crippen LogP contribution >= 0.6 is 23.7 Å². The molecule has 3 rings (SSSR count). The van der Waals surface area contributed by atoms with Crippen LogP contribution in [0.1, 0.15) is 21.5 Å². The monoisotopic (exact) mass is 407 g/mol. The molecule has 0 aliphatic heterocycles. The summed E-state index contributed by atoms with van der Waals surface area (Å²) in [4.78, 5) is 21.3. The summed E-state index contributed by atoms with van der Waals surface area (Å²) in [6.45, 7) is 5.11. The molecule has 0 fully saturated rings. The third-order valence-electron chi connectivity index (χ3n) is 4.22. The van der Waals surface area contributed by atoms with E-state index in [1.54, 1.807) is 11.0 Å². The number of nitrogens with zero attached hydrogens (tertiary/aromatic N) is 3. The normalized spacial score (nSPS) is 10.9. The van der Waals surface area contributed by atoms with Gasteiger partial charge in [0.2, 0.25) is 0 Å². The molecule has 7 heteroatoms. The Bertz CT molecular complexity index is 958. The van der Waals surface area contributed by atoms with Crippen LogP contribution in [0.15, 0.2) is 36.4 Å². The van der Waals surface area contributed by atoms with Crippen LogP contribution in [-0.4, -0.2) is 43.0 Å². The van der Waals surface area contributed by atoms with Crippen LogP contribution in [0, 0.1) is 19.7 Å². The van der Waals surface area contributed by atoms with E-state index in [0.717, 1.165) is 15.8 Å². The highest BCUT2D eigenvalue weighted by atomic mass is 35.5. The van der Waals surface area contributed by atoms with E-state index >= 15 is 0 Å². The average molecular weight is 408 g/mol. The van der Waals surface area contributed by atoms with Crippen LogP contribution < -0.4 is 4.90 Å². The maximum atomic E-state index is 14.0. The van der Waals surface area contributed by atoms with Gasteiger partial charge in [-0.1, -0.05) is 35.1 Å². The number of carbonyl (C=O) groups excluding carboxylic acids is 1. The van der Waals surface area contributed by atoms with E-state index < -0.39 is 0 Å². The Labute approximate surface area is 169 Å². The van der Waals surface area contributed by atoms with Crippen molar-refractivity contribution in [1.82, 2.24) is 9.88 Å². The van der Waals surface area contributed by atoms with E-state index in [-0.39, 0.29) is 24.1 Å². The first-order valence-electron chi connectivity index (χ1n) is 8.45. The van der Waals surface area contributed by atoms with Crippen LogP contribution in [-0.2, 0) is 0 Å². The molecule has 1 heterocycles. The molecule has 0 N–H and O–H groups in total. The second-order valence-corrected chi connectivity index (χ2v) is 7.67. The van der Waals surface area contributed by atoms with Crippen LogP contribution in [0.4, 0.5) is 9.52 Å². The van der Waals surface area contributed by atoms with Gasteiger partial charge in [0.15, 0.2) is 5.13 Å². The summed E-state index contributed by atoms with van der Waals surface area (Å²) in [7, 11) is 3.91. The zero-order valence-electron chi connectivity index (χ0n) is 15.8. The Morgan fingerprint density at radius 3 is 2.52 bits per heavy atom. The lowest BCUT2D eigenvalue weighted by atomic mass is 10.0. The molecule has 27 heavy (non-hydrogen) atoms. The summed E-state index contributed by atoms with van der Waals surface area (Å²) in [5, 5.41) is 0.525. The second kappa shape index (κ2) is 8.78. The maximum Gasteiger partial charge on any atom is 0.260 e. The Morgan fingerprint density at radius 1 is 1.15 bits per heavy atom. The van der Waals surface area contributed by atoms with E-state index in [0.29, 0.717) is 29.3 Å². The van der Waals surface area contributed by atoms with Crippen LogP contribution in [0.5, 0.6) is 0 Å². The van der Waals surface area contributed by atoms with Crippen molar-refractivity contribution in [1.29, 1.82) is 0 Å². The van der Waals surface area contributed by atoms with Gasteiger partial charge in [-0.05, 0) is 51.7 Å². The van der Waals surface area contributed by atoms with Crippen LogP contribution in [0.2, 0.25) is 0 Å². The highest BCUT2D eigenvalue weighted by Gasteiger charge is 2.23. The van der Waals surface area contributed by atoms with Crippen molar-refractivity contribution in [2.45, 2.75) is 13.8 Å². The summed E-state index contributed by atoms with van der Waals surface area (Å²) in [6, 6.07) is 10.7. The molecule has 4 nitrogen and oxygen atoms in total. The number of aromatic nitrogens is 1. The molecule has 0 aliphatic rings. The summed E-state index contributed by atoms with van der Waals surface area (Å²) < 4.78 is 14.8. The first-order chi connectivity index (χ1) is 12.4. The molecule has 1 amide bonds. The average Bonchev–Trinajstić information content (AvgIpc) is 3.00. The van der Waals surface area contributed by atoms with Gasteiger partial charge >= 0.3 is 0 Å². The smallest absolute Gasteiger partial charge is 0.260 e. The minimum atomic E-state index is -0.364. The molecule has 1 aromatic heterocycles. The number of anilines is 1. The van der Waals surface area contributed by atoms with Crippen molar-refractivity contribution in [2.75, 3.05) is 32.1 Å². The topological polar surface area (TPSA) is 36.4 Å². The molecule has 0 aliphatic carbocycles. The molecule has 0 spiro atoms. The van der Waals surface area contributed by atoms with Crippen molar-refractivity contribution in [2.24, 2.45) is 0 Å². The van der Waals surface area contributed by atoms with Gasteiger partial charge in [0.25, 0.3) is 5.91 Å². The first kappa shape index (κ1) is 21.3. The molecule has 3 aromatic rings. The second-order valence-electron chi connectivity index (χ2n) is 6.66. The number of rotatable bonds is 5. The number of fused-ring (bicyclic) bond motifs is 1. The van der Waals surface area contributed by atoms with E-state index in [9.17, 15) is 9.18 Å². The number of likely N-dealkylation sites (N-methyl/N-ethyl adjacent to an activating group) is 1. The number of benzene rings is 2. The summed E-state index contributed by atoms with van der Waals surface area (Å²) in [5.41, 5.74) is 3.00. The van der Waals surface area contributed by atoms with Gasteiger partial charge in [-0.3, -0.25) is 9.69 Å². The zero-order chi connectivity index (χ0) is 18.8. The number of hydrogen-bond acceptors (Lipinski definition) is 4. The lowest BCUT2D eigenvalue weighted by molar-refractivity contribution is 0.0984. The number of amides is 1. The summed E-state index contributed by atoms with van der Waals surface area (Å²) >= 11 is 1.34. The third-order valence-corrected chi connectivity index (χ3v) is 5.26. The Hall–Kier alpha value is -2.02. The fourth-order valence-electron chi connectivity index (χ4n) is 2.80. The lowest BCUT2D eigenvalue weighted by Crippen LogP contribution is -2.37. The predicted molar refractivity (Wildman–Crippen MR) is 113 cm³/mol. The van der Waals surface area contributed by atoms with Gasteiger partial charge in [0.05, 0.1) is 4.70 Å². The van der Waals surface area contributed by atoms with E-state index in [2.05, 4.69) is 4.98 Å². The van der Waals surface area contributed by atoms with Gasteiger partial charge in [-0.2, -0.15) is 0 Å². The van der Waals surface area contributed by atoms with Crippen molar-refractivity contribution in [3.8, 4) is 0 Å². The third kappa shape index (κ3) is 4.64. The predicted octanol–water partition coefficient (Wildman–Crippen LogP) is 4.68. The van der Waals surface area contributed by atoms with Crippen molar-refractivity contribution < 1.29 is 9.18 Å². The number of halogens is 2. The van der Waals surface area contributed by atoms with Gasteiger partial charge < -0.3 is 4.90 Å². The molecule has 0 unspecified atom stereocenters. The SMILES string of the molecule is Cc1ccc(C(=O)N(CCN(C)C)c2nc3c(F)cccc3s2)c(C)c1.Cl. The minimum absolute atomic E-state index is 0.